The lowest BCUT2D eigenvalue weighted by Gasteiger charge is -2.34. The van der Waals surface area contributed by atoms with Gasteiger partial charge in [-0.05, 0) is 31.0 Å². The van der Waals surface area contributed by atoms with Crippen LogP contribution < -0.4 is 5.32 Å². The van der Waals surface area contributed by atoms with Gasteiger partial charge in [0.1, 0.15) is 0 Å². The molecule has 2 rings (SSSR count). The van der Waals surface area contributed by atoms with Crippen molar-refractivity contribution in [2.24, 2.45) is 0 Å². The second-order valence-corrected chi connectivity index (χ2v) is 4.84. The zero-order valence-electron chi connectivity index (χ0n) is 9.96. The highest BCUT2D eigenvalue weighted by Crippen LogP contribution is 2.30. The van der Waals surface area contributed by atoms with Crippen LogP contribution in [0.5, 0.6) is 0 Å². The molecule has 1 atom stereocenters. The summed E-state index contributed by atoms with van der Waals surface area (Å²) in [4.78, 5) is 2.49. The van der Waals surface area contributed by atoms with E-state index in [1.807, 2.05) is 12.1 Å². The van der Waals surface area contributed by atoms with Crippen LogP contribution in [-0.4, -0.2) is 31.1 Å². The summed E-state index contributed by atoms with van der Waals surface area (Å²) in [7, 11) is 0. The van der Waals surface area contributed by atoms with Crippen molar-refractivity contribution in [3.8, 4) is 0 Å². The quantitative estimate of drug-likeness (QED) is 0.852. The summed E-state index contributed by atoms with van der Waals surface area (Å²) < 4.78 is 0. The van der Waals surface area contributed by atoms with Crippen LogP contribution in [0.4, 0.5) is 0 Å². The average Bonchev–Trinajstić information content (AvgIpc) is 2.30. The smallest absolute Gasteiger partial charge is 0.0456 e. The molecule has 0 spiro atoms. The number of benzene rings is 1. The molecular weight excluding hydrogens is 220 g/mol. The van der Waals surface area contributed by atoms with Gasteiger partial charge >= 0.3 is 0 Å². The topological polar surface area (TPSA) is 15.3 Å². The second-order valence-electron chi connectivity index (χ2n) is 4.43. The molecule has 0 aliphatic carbocycles. The lowest BCUT2D eigenvalue weighted by Crippen LogP contribution is -2.44. The predicted molar refractivity (Wildman–Crippen MR) is 69.0 cm³/mol. The van der Waals surface area contributed by atoms with Gasteiger partial charge in [-0.3, -0.25) is 4.90 Å². The molecule has 0 bridgehead atoms. The zero-order chi connectivity index (χ0) is 11.5. The van der Waals surface area contributed by atoms with E-state index in [1.54, 1.807) is 0 Å². The number of nitrogens with one attached hydrogen (secondary N) is 1. The molecule has 0 aromatic heterocycles. The third-order valence-corrected chi connectivity index (χ3v) is 3.72. The Labute approximate surface area is 103 Å². The first-order valence-electron chi connectivity index (χ1n) is 5.90. The lowest BCUT2D eigenvalue weighted by molar-refractivity contribution is 0.185. The molecule has 1 heterocycles. The molecule has 1 aromatic rings. The van der Waals surface area contributed by atoms with Gasteiger partial charge in [0.2, 0.25) is 0 Å². The van der Waals surface area contributed by atoms with E-state index < -0.39 is 0 Å². The van der Waals surface area contributed by atoms with Crippen LogP contribution in [0.3, 0.4) is 0 Å². The summed E-state index contributed by atoms with van der Waals surface area (Å²) in [5, 5.41) is 4.27. The van der Waals surface area contributed by atoms with E-state index in [-0.39, 0.29) is 0 Å². The first-order chi connectivity index (χ1) is 7.70. The average molecular weight is 239 g/mol. The van der Waals surface area contributed by atoms with Crippen molar-refractivity contribution in [1.82, 2.24) is 10.2 Å². The van der Waals surface area contributed by atoms with Crippen LogP contribution in [-0.2, 0) is 0 Å². The van der Waals surface area contributed by atoms with Crippen molar-refractivity contribution in [3.63, 3.8) is 0 Å². The number of halogens is 1. The van der Waals surface area contributed by atoms with Gasteiger partial charge in [-0.25, -0.2) is 0 Å². The minimum atomic E-state index is 0.413. The van der Waals surface area contributed by atoms with Crippen molar-refractivity contribution in [1.29, 1.82) is 0 Å². The van der Waals surface area contributed by atoms with E-state index in [4.69, 9.17) is 11.6 Å². The molecule has 0 unspecified atom stereocenters. The van der Waals surface area contributed by atoms with Crippen LogP contribution in [0.1, 0.15) is 24.1 Å². The molecule has 1 N–H and O–H groups in total. The van der Waals surface area contributed by atoms with Gasteiger partial charge in [0.15, 0.2) is 0 Å². The summed E-state index contributed by atoms with van der Waals surface area (Å²) >= 11 is 6.30. The number of piperazine rings is 1. The summed E-state index contributed by atoms with van der Waals surface area (Å²) in [5.41, 5.74) is 2.57. The molecule has 3 heteroatoms. The van der Waals surface area contributed by atoms with E-state index in [0.717, 1.165) is 31.2 Å². The molecule has 16 heavy (non-hydrogen) atoms. The Hall–Kier alpha value is -0.570. The maximum Gasteiger partial charge on any atom is 0.0456 e. The number of hydrogen-bond acceptors (Lipinski definition) is 2. The molecule has 1 aliphatic rings. The molecule has 88 valence electrons. The molecular formula is C13H19ClN2. The first-order valence-corrected chi connectivity index (χ1v) is 6.27. The fourth-order valence-corrected chi connectivity index (χ4v) is 2.81. The van der Waals surface area contributed by atoms with Crippen LogP contribution in [0.15, 0.2) is 18.2 Å². The monoisotopic (exact) mass is 238 g/mol. The maximum absolute atomic E-state index is 6.30. The normalized spacial score (nSPS) is 19.7. The number of hydrogen-bond donors (Lipinski definition) is 1. The highest BCUT2D eigenvalue weighted by molar-refractivity contribution is 6.31. The number of nitrogens with zero attached hydrogens (tertiary/aromatic N) is 1. The van der Waals surface area contributed by atoms with Crippen LogP contribution in [0.2, 0.25) is 5.02 Å². The molecule has 2 nitrogen and oxygen atoms in total. The largest absolute Gasteiger partial charge is 0.314 e. The van der Waals surface area contributed by atoms with E-state index in [0.29, 0.717) is 6.04 Å². The first kappa shape index (κ1) is 11.9. The van der Waals surface area contributed by atoms with Crippen molar-refractivity contribution >= 4 is 11.6 Å². The lowest BCUT2D eigenvalue weighted by atomic mass is 10.0. The van der Waals surface area contributed by atoms with Crippen LogP contribution >= 0.6 is 11.6 Å². The zero-order valence-corrected chi connectivity index (χ0v) is 10.7. The van der Waals surface area contributed by atoms with E-state index in [9.17, 15) is 0 Å². The summed E-state index contributed by atoms with van der Waals surface area (Å²) in [6.07, 6.45) is 0. The Bertz CT molecular complexity index is 339. The van der Waals surface area contributed by atoms with Crippen LogP contribution in [0, 0.1) is 6.92 Å². The van der Waals surface area contributed by atoms with E-state index >= 15 is 0 Å². The van der Waals surface area contributed by atoms with Gasteiger partial charge < -0.3 is 5.32 Å². The van der Waals surface area contributed by atoms with Gasteiger partial charge in [0, 0.05) is 37.2 Å². The Morgan fingerprint density at radius 3 is 2.62 bits per heavy atom. The molecule has 0 saturated carbocycles. The fraction of sp³-hybridized carbons (Fsp3) is 0.538. The van der Waals surface area contributed by atoms with Crippen molar-refractivity contribution in [3.05, 3.63) is 34.3 Å². The van der Waals surface area contributed by atoms with Crippen molar-refractivity contribution < 1.29 is 0 Å². The van der Waals surface area contributed by atoms with Gasteiger partial charge in [-0.15, -0.1) is 0 Å². The van der Waals surface area contributed by atoms with Crippen molar-refractivity contribution in [2.45, 2.75) is 19.9 Å². The molecule has 1 aromatic carbocycles. The maximum atomic E-state index is 6.30. The highest BCUT2D eigenvalue weighted by atomic mass is 35.5. The Balaban J connectivity index is 2.22. The number of rotatable bonds is 2. The van der Waals surface area contributed by atoms with E-state index in [1.165, 1.54) is 11.1 Å². The Morgan fingerprint density at radius 2 is 2.00 bits per heavy atom. The van der Waals surface area contributed by atoms with Gasteiger partial charge in [-0.1, -0.05) is 23.7 Å². The molecule has 1 aliphatic heterocycles. The Morgan fingerprint density at radius 1 is 1.31 bits per heavy atom. The van der Waals surface area contributed by atoms with E-state index in [2.05, 4.69) is 30.1 Å². The number of aryl methyl sites for hydroxylation is 1. The fourth-order valence-electron chi connectivity index (χ4n) is 2.43. The molecule has 0 amide bonds. The predicted octanol–water partition coefficient (Wildman–Crippen LogP) is 2.61. The molecule has 1 fully saturated rings. The van der Waals surface area contributed by atoms with Gasteiger partial charge in [0.05, 0.1) is 0 Å². The van der Waals surface area contributed by atoms with Gasteiger partial charge in [0.25, 0.3) is 0 Å². The minimum absolute atomic E-state index is 0.413. The Kier molecular flexibility index (Phi) is 3.85. The molecule has 1 saturated heterocycles. The standard InChI is InChI=1S/C13H19ClN2/c1-10-4-3-5-12(14)13(10)11(2)16-8-6-15-7-9-16/h3-5,11,15H,6-9H2,1-2H3/t11-/m1/s1. The second kappa shape index (κ2) is 5.17. The summed E-state index contributed by atoms with van der Waals surface area (Å²) in [5.74, 6) is 0. The van der Waals surface area contributed by atoms with Crippen molar-refractivity contribution in [2.75, 3.05) is 26.2 Å². The molecule has 0 radical (unpaired) electrons. The summed E-state index contributed by atoms with van der Waals surface area (Å²) in [6, 6.07) is 6.56. The summed E-state index contributed by atoms with van der Waals surface area (Å²) in [6.45, 7) is 8.75. The van der Waals surface area contributed by atoms with Gasteiger partial charge in [-0.2, -0.15) is 0 Å². The van der Waals surface area contributed by atoms with Crippen LogP contribution in [0.25, 0.3) is 0 Å². The minimum Gasteiger partial charge on any atom is -0.314 e. The highest BCUT2D eigenvalue weighted by Gasteiger charge is 2.20. The third-order valence-electron chi connectivity index (χ3n) is 3.39. The third kappa shape index (κ3) is 2.40. The SMILES string of the molecule is Cc1cccc(Cl)c1[C@@H](C)N1CCNCC1.